The number of esters is 1. The Morgan fingerprint density at radius 1 is 1.29 bits per heavy atom. The molecule has 0 unspecified atom stereocenters. The van der Waals surface area contributed by atoms with Crippen molar-refractivity contribution in [1.29, 1.82) is 0 Å². The van der Waals surface area contributed by atoms with E-state index < -0.39 is 0 Å². The van der Waals surface area contributed by atoms with E-state index in [4.69, 9.17) is 9.47 Å². The van der Waals surface area contributed by atoms with Crippen LogP contribution >= 0.6 is 45.2 Å². The van der Waals surface area contributed by atoms with Gasteiger partial charge in [0.05, 0.1) is 17.1 Å². The smallest absolute Gasteiger partial charge is 0.310 e. The van der Waals surface area contributed by atoms with Crippen LogP contribution in [0.25, 0.3) is 0 Å². The number of rotatable bonds is 5. The van der Waals surface area contributed by atoms with E-state index in [0.717, 1.165) is 12.7 Å². The molecule has 1 aromatic carbocycles. The van der Waals surface area contributed by atoms with Crippen LogP contribution in [0.15, 0.2) is 12.1 Å². The van der Waals surface area contributed by atoms with Gasteiger partial charge in [-0.25, -0.2) is 0 Å². The molecule has 0 saturated carbocycles. The zero-order valence-corrected chi connectivity index (χ0v) is 13.8. The second-order valence-corrected chi connectivity index (χ2v) is 5.59. The van der Waals surface area contributed by atoms with Gasteiger partial charge in [-0.05, 0) is 57.3 Å². The number of ether oxygens (including phenoxy) is 3. The van der Waals surface area contributed by atoms with Crippen LogP contribution in [0.2, 0.25) is 0 Å². The molecule has 0 aliphatic rings. The van der Waals surface area contributed by atoms with Gasteiger partial charge in [0.2, 0.25) is 0 Å². The number of hydrogen-bond donors (Lipinski definition) is 0. The molecule has 0 amide bonds. The van der Waals surface area contributed by atoms with Crippen molar-refractivity contribution in [2.75, 3.05) is 21.0 Å². The van der Waals surface area contributed by atoms with Gasteiger partial charge in [0.1, 0.15) is 5.75 Å². The lowest BCUT2D eigenvalue weighted by molar-refractivity contribution is -0.139. The zero-order chi connectivity index (χ0) is 12.8. The highest BCUT2D eigenvalue weighted by Gasteiger charge is 2.13. The molecule has 1 aromatic rings. The summed E-state index contributed by atoms with van der Waals surface area (Å²) in [5.74, 6) is 0.392. The topological polar surface area (TPSA) is 44.8 Å². The molecule has 0 bridgehead atoms. The second kappa shape index (κ2) is 7.37. The summed E-state index contributed by atoms with van der Waals surface area (Å²) in [6, 6.07) is 3.89. The molecule has 0 N–H and O–H groups in total. The molecule has 6 heteroatoms. The minimum atomic E-state index is -0.287. The fraction of sp³-hybridized carbons (Fsp3) is 0.364. The third-order valence-corrected chi connectivity index (χ3v) is 3.39. The van der Waals surface area contributed by atoms with Crippen molar-refractivity contribution in [3.8, 4) is 5.75 Å². The molecule has 0 aliphatic carbocycles. The Morgan fingerprint density at radius 3 is 2.59 bits per heavy atom. The van der Waals surface area contributed by atoms with Gasteiger partial charge < -0.3 is 14.2 Å². The van der Waals surface area contributed by atoms with Crippen molar-refractivity contribution in [2.24, 2.45) is 0 Å². The van der Waals surface area contributed by atoms with Crippen LogP contribution in [-0.4, -0.2) is 27.0 Å². The number of benzene rings is 1. The van der Waals surface area contributed by atoms with Crippen molar-refractivity contribution in [1.82, 2.24) is 0 Å². The number of hydrogen-bond acceptors (Lipinski definition) is 4. The summed E-state index contributed by atoms with van der Waals surface area (Å²) >= 11 is 4.37. The highest BCUT2D eigenvalue weighted by Crippen LogP contribution is 2.29. The first-order valence-electron chi connectivity index (χ1n) is 4.75. The predicted octanol–water partition coefficient (Wildman–Crippen LogP) is 2.59. The van der Waals surface area contributed by atoms with Gasteiger partial charge in [0, 0.05) is 16.2 Å². The summed E-state index contributed by atoms with van der Waals surface area (Å²) in [6.45, 7) is 0.158. The maximum Gasteiger partial charge on any atom is 0.310 e. The fourth-order valence-corrected chi connectivity index (χ4v) is 3.37. The molecule has 17 heavy (non-hydrogen) atoms. The summed E-state index contributed by atoms with van der Waals surface area (Å²) in [4.78, 5) is 11.3. The molecule has 94 valence electrons. The van der Waals surface area contributed by atoms with Crippen molar-refractivity contribution in [2.45, 2.75) is 6.42 Å². The molecule has 0 radical (unpaired) electrons. The van der Waals surface area contributed by atoms with Crippen LogP contribution in [-0.2, 0) is 20.7 Å². The van der Waals surface area contributed by atoms with Gasteiger partial charge >= 0.3 is 5.97 Å². The molecule has 4 nitrogen and oxygen atoms in total. The van der Waals surface area contributed by atoms with Crippen LogP contribution in [0.4, 0.5) is 0 Å². The Kier molecular flexibility index (Phi) is 6.49. The molecule has 0 spiro atoms. The third kappa shape index (κ3) is 4.59. The molecule has 0 aromatic heterocycles. The Labute approximate surface area is 127 Å². The van der Waals surface area contributed by atoms with Crippen LogP contribution in [0.3, 0.4) is 0 Å². The molecular formula is C11H12I2O4. The average Bonchev–Trinajstić information content (AvgIpc) is 2.27. The Hall–Kier alpha value is -0.0900. The maximum atomic E-state index is 11.3. The quantitative estimate of drug-likeness (QED) is 0.384. The largest absolute Gasteiger partial charge is 0.469 e. The van der Waals surface area contributed by atoms with E-state index in [2.05, 4.69) is 49.9 Å². The van der Waals surface area contributed by atoms with E-state index in [1.54, 1.807) is 7.11 Å². The minimum Gasteiger partial charge on any atom is -0.469 e. The van der Waals surface area contributed by atoms with Gasteiger partial charge in [0.25, 0.3) is 0 Å². The fourth-order valence-electron chi connectivity index (χ4n) is 1.25. The molecule has 0 saturated heterocycles. The number of halogens is 2. The van der Waals surface area contributed by atoms with Crippen LogP contribution in [0, 0.1) is 7.14 Å². The molecule has 0 aliphatic heterocycles. The van der Waals surface area contributed by atoms with Crippen molar-refractivity contribution in [3.05, 3.63) is 24.8 Å². The molecule has 1 rings (SSSR count). The molecule has 0 atom stereocenters. The first-order valence-corrected chi connectivity index (χ1v) is 6.90. The van der Waals surface area contributed by atoms with Gasteiger partial charge in [0.15, 0.2) is 6.79 Å². The van der Waals surface area contributed by atoms with Gasteiger partial charge in [-0.1, -0.05) is 0 Å². The first-order chi connectivity index (χ1) is 8.08. The Balaban J connectivity index is 3.01. The lowest BCUT2D eigenvalue weighted by Gasteiger charge is -2.12. The average molecular weight is 462 g/mol. The summed E-state index contributed by atoms with van der Waals surface area (Å²) in [6.07, 6.45) is 0.197. The monoisotopic (exact) mass is 462 g/mol. The maximum absolute atomic E-state index is 11.3. The number of carbonyl (C=O) groups is 1. The summed E-state index contributed by atoms with van der Waals surface area (Å²) in [5.41, 5.74) is 0.810. The third-order valence-electron chi connectivity index (χ3n) is 1.97. The summed E-state index contributed by atoms with van der Waals surface area (Å²) in [7, 11) is 2.93. The highest BCUT2D eigenvalue weighted by atomic mass is 127. The standard InChI is InChI=1S/C11H12I2O4/c1-15-6-17-11-7(4-10(14)16-2)3-8(12)5-9(11)13/h3,5H,4,6H2,1-2H3. The lowest BCUT2D eigenvalue weighted by Crippen LogP contribution is -2.09. The van der Waals surface area contributed by atoms with E-state index in [1.165, 1.54) is 7.11 Å². The lowest BCUT2D eigenvalue weighted by atomic mass is 10.1. The number of carbonyl (C=O) groups excluding carboxylic acids is 1. The molecule has 0 heterocycles. The van der Waals surface area contributed by atoms with Crippen molar-refractivity contribution >= 4 is 51.2 Å². The van der Waals surface area contributed by atoms with E-state index in [-0.39, 0.29) is 19.2 Å². The highest BCUT2D eigenvalue weighted by molar-refractivity contribution is 14.1. The molecular weight excluding hydrogens is 450 g/mol. The van der Waals surface area contributed by atoms with E-state index >= 15 is 0 Å². The summed E-state index contributed by atoms with van der Waals surface area (Å²) < 4.78 is 17.0. The van der Waals surface area contributed by atoms with E-state index in [0.29, 0.717) is 5.75 Å². The van der Waals surface area contributed by atoms with Crippen LogP contribution in [0.5, 0.6) is 5.75 Å². The van der Waals surface area contributed by atoms with Crippen molar-refractivity contribution in [3.63, 3.8) is 0 Å². The Morgan fingerprint density at radius 2 is 2.00 bits per heavy atom. The first kappa shape index (κ1) is 15.0. The summed E-state index contributed by atoms with van der Waals surface area (Å²) in [5, 5.41) is 0. The number of methoxy groups -OCH3 is 2. The van der Waals surface area contributed by atoms with Gasteiger partial charge in [-0.3, -0.25) is 4.79 Å². The SMILES string of the molecule is COCOc1c(I)cc(I)cc1CC(=O)OC. The molecule has 0 fully saturated rings. The zero-order valence-electron chi connectivity index (χ0n) is 9.46. The van der Waals surface area contributed by atoms with Crippen LogP contribution < -0.4 is 4.74 Å². The minimum absolute atomic E-state index is 0.158. The Bertz CT molecular complexity index is 407. The van der Waals surface area contributed by atoms with Gasteiger partial charge in [-0.15, -0.1) is 0 Å². The van der Waals surface area contributed by atoms with Crippen LogP contribution in [0.1, 0.15) is 5.56 Å². The second-order valence-electron chi connectivity index (χ2n) is 3.18. The van der Waals surface area contributed by atoms with E-state index in [9.17, 15) is 4.79 Å². The normalized spacial score (nSPS) is 10.1. The predicted molar refractivity (Wildman–Crippen MR) is 80.1 cm³/mol. The van der Waals surface area contributed by atoms with Crippen molar-refractivity contribution < 1.29 is 19.0 Å². The van der Waals surface area contributed by atoms with E-state index in [1.807, 2.05) is 12.1 Å². The van der Waals surface area contributed by atoms with Gasteiger partial charge in [-0.2, -0.15) is 0 Å².